The fourth-order valence-corrected chi connectivity index (χ4v) is 2.04. The number of fused-ring (bicyclic) bond motifs is 1. The van der Waals surface area contributed by atoms with Crippen LogP contribution in [0.15, 0.2) is 24.3 Å². The molecule has 1 heterocycles. The van der Waals surface area contributed by atoms with Gasteiger partial charge in [0.05, 0.1) is 16.6 Å². The summed E-state index contributed by atoms with van der Waals surface area (Å²) < 4.78 is 0. The average Bonchev–Trinajstić information content (AvgIpc) is 2.51. The van der Waals surface area contributed by atoms with Crippen LogP contribution in [0.2, 0.25) is 0 Å². The number of carbonyl (C=O) groups excluding carboxylic acids is 1. The zero-order valence-electron chi connectivity index (χ0n) is 12.3. The van der Waals surface area contributed by atoms with E-state index in [0.29, 0.717) is 17.7 Å². The van der Waals surface area contributed by atoms with Crippen molar-refractivity contribution in [3.63, 3.8) is 0 Å². The largest absolute Gasteiger partial charge is 0.381 e. The lowest BCUT2D eigenvalue weighted by molar-refractivity contribution is -0.128. The first-order valence-electron chi connectivity index (χ1n) is 6.61. The molecule has 0 saturated heterocycles. The van der Waals surface area contributed by atoms with Gasteiger partial charge in [0.1, 0.15) is 6.07 Å². The van der Waals surface area contributed by atoms with Crippen LogP contribution in [0.1, 0.15) is 19.5 Å². The van der Waals surface area contributed by atoms with Gasteiger partial charge in [0.2, 0.25) is 5.91 Å². The van der Waals surface area contributed by atoms with Crippen molar-refractivity contribution >= 4 is 22.5 Å². The monoisotopic (exact) mass is 283 g/mol. The molecule has 0 aliphatic rings. The van der Waals surface area contributed by atoms with Gasteiger partial charge in [0.25, 0.3) is 0 Å². The topological polar surface area (TPSA) is 90.7 Å². The van der Waals surface area contributed by atoms with Crippen LogP contribution in [0, 0.1) is 16.7 Å². The van der Waals surface area contributed by atoms with Crippen LogP contribution in [0.25, 0.3) is 10.9 Å². The van der Waals surface area contributed by atoms with E-state index in [4.69, 9.17) is 0 Å². The van der Waals surface area contributed by atoms with Gasteiger partial charge in [-0.25, -0.2) is 0 Å². The minimum Gasteiger partial charge on any atom is -0.381 e. The molecule has 108 valence electrons. The lowest BCUT2D eigenvalue weighted by atomic mass is 9.92. The van der Waals surface area contributed by atoms with Crippen LogP contribution in [0.3, 0.4) is 0 Å². The maximum Gasteiger partial charge on any atom is 0.227 e. The molecule has 1 amide bonds. The van der Waals surface area contributed by atoms with Crippen LogP contribution in [-0.4, -0.2) is 29.7 Å². The van der Waals surface area contributed by atoms with Crippen molar-refractivity contribution in [1.82, 2.24) is 15.5 Å². The van der Waals surface area contributed by atoms with E-state index >= 15 is 0 Å². The van der Waals surface area contributed by atoms with Crippen molar-refractivity contribution in [2.75, 3.05) is 18.9 Å². The third kappa shape index (κ3) is 2.92. The van der Waals surface area contributed by atoms with E-state index < -0.39 is 5.41 Å². The summed E-state index contributed by atoms with van der Waals surface area (Å²) in [4.78, 5) is 11.8. The predicted molar refractivity (Wildman–Crippen MR) is 80.6 cm³/mol. The van der Waals surface area contributed by atoms with E-state index in [9.17, 15) is 10.1 Å². The number of amides is 1. The molecular formula is C15H17N5O. The maximum absolute atomic E-state index is 11.8. The molecular weight excluding hydrogens is 266 g/mol. The summed E-state index contributed by atoms with van der Waals surface area (Å²) in [6.07, 6.45) is 0. The molecule has 0 radical (unpaired) electrons. The quantitative estimate of drug-likeness (QED) is 0.891. The Kier molecular flexibility index (Phi) is 4.03. The Morgan fingerprint density at radius 3 is 2.71 bits per heavy atom. The number of anilines is 1. The van der Waals surface area contributed by atoms with Crippen LogP contribution >= 0.6 is 0 Å². The molecule has 0 spiro atoms. The van der Waals surface area contributed by atoms with Gasteiger partial charge in [-0.1, -0.05) is 18.2 Å². The smallest absolute Gasteiger partial charge is 0.227 e. The minimum absolute atomic E-state index is 0.0696. The van der Waals surface area contributed by atoms with Crippen molar-refractivity contribution in [3.8, 4) is 6.07 Å². The molecule has 0 unspecified atom stereocenters. The summed E-state index contributed by atoms with van der Waals surface area (Å²) >= 11 is 0. The highest BCUT2D eigenvalue weighted by Gasteiger charge is 2.27. The van der Waals surface area contributed by atoms with Gasteiger partial charge in [0, 0.05) is 19.0 Å². The number of aromatic nitrogens is 2. The third-order valence-corrected chi connectivity index (χ3v) is 3.32. The lowest BCUT2D eigenvalue weighted by Gasteiger charge is -2.24. The van der Waals surface area contributed by atoms with Gasteiger partial charge in [-0.2, -0.15) is 5.26 Å². The molecule has 0 aliphatic carbocycles. The first kappa shape index (κ1) is 14.7. The molecule has 1 aromatic carbocycles. The molecule has 0 bridgehead atoms. The van der Waals surface area contributed by atoms with Gasteiger partial charge in [-0.3, -0.25) is 4.79 Å². The van der Waals surface area contributed by atoms with Crippen LogP contribution in [0.4, 0.5) is 5.69 Å². The van der Waals surface area contributed by atoms with E-state index in [1.807, 2.05) is 44.2 Å². The molecule has 6 heteroatoms. The number of carbonyl (C=O) groups is 1. The van der Waals surface area contributed by atoms with E-state index in [-0.39, 0.29) is 11.6 Å². The van der Waals surface area contributed by atoms with E-state index in [1.54, 1.807) is 7.05 Å². The number of nitrogens with zero attached hydrogens (tertiary/aromatic N) is 3. The summed E-state index contributed by atoms with van der Waals surface area (Å²) in [5, 5.41) is 23.8. The molecule has 0 aliphatic heterocycles. The normalized spacial score (nSPS) is 11.0. The molecule has 0 atom stereocenters. The lowest BCUT2D eigenvalue weighted by Crippen LogP contribution is -2.39. The molecule has 0 saturated carbocycles. The second-order valence-corrected chi connectivity index (χ2v) is 5.37. The zero-order valence-corrected chi connectivity index (χ0v) is 12.3. The van der Waals surface area contributed by atoms with Crippen molar-refractivity contribution < 1.29 is 4.79 Å². The van der Waals surface area contributed by atoms with Crippen molar-refractivity contribution in [3.05, 3.63) is 30.0 Å². The molecule has 6 nitrogen and oxygen atoms in total. The molecule has 0 fully saturated rings. The molecule has 21 heavy (non-hydrogen) atoms. The molecule has 1 aromatic heterocycles. The first-order chi connectivity index (χ1) is 9.99. The number of nitriles is 1. The Balaban J connectivity index is 2.38. The maximum atomic E-state index is 11.8. The Labute approximate surface area is 123 Å². The van der Waals surface area contributed by atoms with Crippen LogP contribution in [-0.2, 0) is 4.79 Å². The zero-order chi connectivity index (χ0) is 15.5. The van der Waals surface area contributed by atoms with Crippen molar-refractivity contribution in [2.24, 2.45) is 5.41 Å². The van der Waals surface area contributed by atoms with Gasteiger partial charge in [-0.05, 0) is 19.9 Å². The van der Waals surface area contributed by atoms with E-state index in [0.717, 1.165) is 5.39 Å². The third-order valence-electron chi connectivity index (χ3n) is 3.32. The average molecular weight is 283 g/mol. The number of rotatable bonds is 4. The fourth-order valence-electron chi connectivity index (χ4n) is 2.04. The number of nitrogens with one attached hydrogen (secondary N) is 2. The fraction of sp³-hybridized carbons (Fsp3) is 0.333. The number of hydrogen-bond acceptors (Lipinski definition) is 5. The van der Waals surface area contributed by atoms with E-state index in [1.165, 1.54) is 0 Å². The van der Waals surface area contributed by atoms with Gasteiger partial charge < -0.3 is 10.6 Å². The SMILES string of the molecule is CNC(=O)C(C)(C)CNc1c(C#N)nnc2ccccc12. The summed E-state index contributed by atoms with van der Waals surface area (Å²) in [5.41, 5.74) is 0.935. The van der Waals surface area contributed by atoms with E-state index in [2.05, 4.69) is 20.8 Å². The second kappa shape index (κ2) is 5.75. The summed E-state index contributed by atoms with van der Waals surface area (Å²) in [6, 6.07) is 9.48. The summed E-state index contributed by atoms with van der Waals surface area (Å²) in [5.74, 6) is -0.0696. The van der Waals surface area contributed by atoms with Crippen molar-refractivity contribution in [2.45, 2.75) is 13.8 Å². The summed E-state index contributed by atoms with van der Waals surface area (Å²) in [7, 11) is 1.61. The second-order valence-electron chi connectivity index (χ2n) is 5.37. The number of benzene rings is 1. The Morgan fingerprint density at radius 2 is 2.05 bits per heavy atom. The Morgan fingerprint density at radius 1 is 1.33 bits per heavy atom. The highest BCUT2D eigenvalue weighted by atomic mass is 16.2. The standard InChI is InChI=1S/C15H17N5O/c1-15(2,14(21)17-3)9-18-13-10-6-4-5-7-11(10)19-20-12(13)8-16/h4-7H,9H2,1-3H3,(H,17,21)(H,18,19). The van der Waals surface area contributed by atoms with Crippen LogP contribution < -0.4 is 10.6 Å². The highest BCUT2D eigenvalue weighted by molar-refractivity contribution is 5.93. The minimum atomic E-state index is -0.605. The first-order valence-corrected chi connectivity index (χ1v) is 6.61. The van der Waals surface area contributed by atoms with Gasteiger partial charge in [-0.15, -0.1) is 10.2 Å². The van der Waals surface area contributed by atoms with Gasteiger partial charge in [0.15, 0.2) is 5.69 Å². The van der Waals surface area contributed by atoms with Crippen molar-refractivity contribution in [1.29, 1.82) is 5.26 Å². The Bertz CT molecular complexity index is 718. The molecule has 2 N–H and O–H groups in total. The number of hydrogen-bond donors (Lipinski definition) is 2. The highest BCUT2D eigenvalue weighted by Crippen LogP contribution is 2.25. The molecule has 2 aromatic rings. The summed E-state index contributed by atoms with van der Waals surface area (Å²) in [6.45, 7) is 4.06. The van der Waals surface area contributed by atoms with Crippen LogP contribution in [0.5, 0.6) is 0 Å². The predicted octanol–water partition coefficient (Wildman–Crippen LogP) is 1.69. The van der Waals surface area contributed by atoms with Gasteiger partial charge >= 0.3 is 0 Å². The Hall–Kier alpha value is -2.68. The molecule has 2 rings (SSSR count).